The fourth-order valence-electron chi connectivity index (χ4n) is 2.19. The Kier molecular flexibility index (Phi) is 5.19. The summed E-state index contributed by atoms with van der Waals surface area (Å²) in [4.78, 5) is 35.2. The Morgan fingerprint density at radius 1 is 1.19 bits per heavy atom. The minimum absolute atomic E-state index is 0.107. The third kappa shape index (κ3) is 4.13. The number of aromatic hydroxyl groups is 1. The smallest absolute Gasteiger partial charge is 0.285 e. The van der Waals surface area contributed by atoms with E-state index in [9.17, 15) is 24.8 Å². The van der Waals surface area contributed by atoms with E-state index in [4.69, 9.17) is 12.2 Å². The van der Waals surface area contributed by atoms with Gasteiger partial charge in [-0.05, 0) is 48.1 Å². The Morgan fingerprint density at radius 2 is 1.81 bits per heavy atom. The lowest BCUT2D eigenvalue weighted by Crippen LogP contribution is -2.44. The SMILES string of the molecule is O=C(NN1C(=O)C(=Cc2ccc(O)cc2)SC1=S)c1ccc([N+](=O)[O-])cc1. The highest BCUT2D eigenvalue weighted by Gasteiger charge is 2.33. The van der Waals surface area contributed by atoms with Crippen molar-refractivity contribution in [2.24, 2.45) is 0 Å². The maximum Gasteiger partial charge on any atom is 0.285 e. The van der Waals surface area contributed by atoms with Crippen LogP contribution in [-0.4, -0.2) is 31.2 Å². The number of nitro groups is 1. The van der Waals surface area contributed by atoms with Crippen LogP contribution in [-0.2, 0) is 4.79 Å². The van der Waals surface area contributed by atoms with Crippen LogP contribution in [0.5, 0.6) is 5.75 Å². The van der Waals surface area contributed by atoms with Gasteiger partial charge in [-0.2, -0.15) is 5.01 Å². The molecule has 1 fully saturated rings. The maximum atomic E-state index is 12.5. The van der Waals surface area contributed by atoms with Crippen molar-refractivity contribution in [1.29, 1.82) is 0 Å². The predicted molar refractivity (Wildman–Crippen MR) is 104 cm³/mol. The number of carbonyl (C=O) groups is 2. The fourth-order valence-corrected chi connectivity index (χ4v) is 3.37. The summed E-state index contributed by atoms with van der Waals surface area (Å²) in [6.07, 6.45) is 1.59. The first-order valence-corrected chi connectivity index (χ1v) is 8.70. The molecule has 3 rings (SSSR count). The summed E-state index contributed by atoms with van der Waals surface area (Å²) < 4.78 is 0.153. The van der Waals surface area contributed by atoms with Crippen molar-refractivity contribution < 1.29 is 19.6 Å². The van der Waals surface area contributed by atoms with E-state index >= 15 is 0 Å². The number of hydrogen-bond acceptors (Lipinski definition) is 7. The normalized spacial score (nSPS) is 15.3. The minimum atomic E-state index is -0.618. The number of nitro benzene ring substituents is 1. The number of non-ortho nitro benzene ring substituents is 1. The van der Waals surface area contributed by atoms with Gasteiger partial charge in [0.25, 0.3) is 17.5 Å². The van der Waals surface area contributed by atoms with Gasteiger partial charge in [0, 0.05) is 17.7 Å². The lowest BCUT2D eigenvalue weighted by molar-refractivity contribution is -0.384. The number of carbonyl (C=O) groups excluding carboxylic acids is 2. The average Bonchev–Trinajstić information content (AvgIpc) is 2.91. The molecule has 2 N–H and O–H groups in total. The molecule has 136 valence electrons. The largest absolute Gasteiger partial charge is 0.508 e. The van der Waals surface area contributed by atoms with Crippen molar-refractivity contribution in [3.05, 3.63) is 74.7 Å². The summed E-state index contributed by atoms with van der Waals surface area (Å²) in [5.41, 5.74) is 3.10. The van der Waals surface area contributed by atoms with Crippen molar-refractivity contribution in [3.8, 4) is 5.75 Å². The molecule has 10 heteroatoms. The molecule has 2 aromatic carbocycles. The molecule has 1 heterocycles. The molecular formula is C17H11N3O5S2. The summed E-state index contributed by atoms with van der Waals surface area (Å²) in [5, 5.41) is 20.9. The zero-order chi connectivity index (χ0) is 19.6. The van der Waals surface area contributed by atoms with Crippen LogP contribution in [0.2, 0.25) is 0 Å². The van der Waals surface area contributed by atoms with Crippen LogP contribution in [0.15, 0.2) is 53.4 Å². The number of hydrogen-bond donors (Lipinski definition) is 2. The second-order valence-electron chi connectivity index (χ2n) is 5.35. The molecule has 0 unspecified atom stereocenters. The van der Waals surface area contributed by atoms with E-state index in [2.05, 4.69) is 5.43 Å². The van der Waals surface area contributed by atoms with Gasteiger partial charge >= 0.3 is 0 Å². The summed E-state index contributed by atoms with van der Waals surface area (Å²) in [7, 11) is 0. The molecule has 2 aromatic rings. The highest BCUT2D eigenvalue weighted by atomic mass is 32.2. The summed E-state index contributed by atoms with van der Waals surface area (Å²) >= 11 is 6.16. The monoisotopic (exact) mass is 401 g/mol. The Morgan fingerprint density at radius 3 is 2.41 bits per heavy atom. The molecule has 0 aromatic heterocycles. The molecule has 0 radical (unpaired) electrons. The summed E-state index contributed by atoms with van der Waals surface area (Å²) in [6.45, 7) is 0. The number of thiocarbonyl (C=S) groups is 1. The Bertz CT molecular complexity index is 971. The number of rotatable bonds is 4. The Hall–Kier alpha value is -3.24. The van der Waals surface area contributed by atoms with E-state index in [0.717, 1.165) is 16.8 Å². The lowest BCUT2D eigenvalue weighted by atomic mass is 10.2. The molecule has 0 atom stereocenters. The number of nitrogens with zero attached hydrogens (tertiary/aromatic N) is 2. The molecule has 0 bridgehead atoms. The molecule has 27 heavy (non-hydrogen) atoms. The maximum absolute atomic E-state index is 12.5. The van der Waals surface area contributed by atoms with Crippen molar-refractivity contribution >= 4 is 51.9 Å². The van der Waals surface area contributed by atoms with Gasteiger partial charge in [-0.3, -0.25) is 25.1 Å². The van der Waals surface area contributed by atoms with Gasteiger partial charge in [0.15, 0.2) is 4.32 Å². The zero-order valence-corrected chi connectivity index (χ0v) is 15.1. The first-order chi connectivity index (χ1) is 12.8. The molecule has 1 saturated heterocycles. The third-order valence-corrected chi connectivity index (χ3v) is 4.84. The van der Waals surface area contributed by atoms with Gasteiger partial charge in [0.2, 0.25) is 0 Å². The lowest BCUT2D eigenvalue weighted by Gasteiger charge is -2.15. The van der Waals surface area contributed by atoms with E-state index in [1.807, 2.05) is 0 Å². The molecule has 0 saturated carbocycles. The van der Waals surface area contributed by atoms with Gasteiger partial charge in [0.1, 0.15) is 5.75 Å². The highest BCUT2D eigenvalue weighted by molar-refractivity contribution is 8.26. The second kappa shape index (κ2) is 7.56. The molecular weight excluding hydrogens is 390 g/mol. The summed E-state index contributed by atoms with van der Waals surface area (Å²) in [5.74, 6) is -1.00. The van der Waals surface area contributed by atoms with Crippen LogP contribution in [0.4, 0.5) is 5.69 Å². The van der Waals surface area contributed by atoms with Crippen LogP contribution in [0.25, 0.3) is 6.08 Å². The average molecular weight is 401 g/mol. The van der Waals surface area contributed by atoms with E-state index in [1.54, 1.807) is 18.2 Å². The number of hydrazine groups is 1. The molecule has 1 aliphatic rings. The topological polar surface area (TPSA) is 113 Å². The number of amides is 2. The summed E-state index contributed by atoms with van der Waals surface area (Å²) in [6, 6.07) is 11.2. The van der Waals surface area contributed by atoms with Crippen molar-refractivity contribution in [2.45, 2.75) is 0 Å². The Balaban J connectivity index is 1.74. The van der Waals surface area contributed by atoms with Crippen LogP contribution >= 0.6 is 24.0 Å². The van der Waals surface area contributed by atoms with Crippen LogP contribution < -0.4 is 5.43 Å². The van der Waals surface area contributed by atoms with E-state index in [0.29, 0.717) is 10.5 Å². The van der Waals surface area contributed by atoms with Gasteiger partial charge in [-0.1, -0.05) is 23.9 Å². The van der Waals surface area contributed by atoms with E-state index in [-0.39, 0.29) is 21.3 Å². The van der Waals surface area contributed by atoms with Crippen molar-refractivity contribution in [3.63, 3.8) is 0 Å². The predicted octanol–water partition coefficient (Wildman–Crippen LogP) is 2.85. The first kappa shape index (κ1) is 18.5. The molecule has 8 nitrogen and oxygen atoms in total. The molecule has 2 amide bonds. The number of phenols is 1. The quantitative estimate of drug-likeness (QED) is 0.350. The van der Waals surface area contributed by atoms with Gasteiger partial charge in [-0.25, -0.2) is 0 Å². The molecule has 0 aliphatic carbocycles. The Labute approximate surface area is 162 Å². The molecule has 1 aliphatic heterocycles. The highest BCUT2D eigenvalue weighted by Crippen LogP contribution is 2.31. The second-order valence-corrected chi connectivity index (χ2v) is 7.03. The van der Waals surface area contributed by atoms with E-state index < -0.39 is 16.7 Å². The zero-order valence-electron chi connectivity index (χ0n) is 13.5. The third-order valence-electron chi connectivity index (χ3n) is 3.54. The number of phenolic OH excluding ortho intramolecular Hbond substituents is 1. The van der Waals surface area contributed by atoms with Gasteiger partial charge in [0.05, 0.1) is 9.83 Å². The van der Waals surface area contributed by atoms with E-state index in [1.165, 1.54) is 36.4 Å². The standard InChI is InChI=1S/C17H11N3O5S2/c21-13-7-1-10(2-8-13)9-14-16(23)19(17(26)27-14)18-15(22)11-3-5-12(6-4-11)20(24)25/h1-9,21H,(H,18,22). The van der Waals surface area contributed by atoms with Crippen molar-refractivity contribution in [1.82, 2.24) is 10.4 Å². The fraction of sp³-hybridized carbons (Fsp3) is 0. The van der Waals surface area contributed by atoms with Crippen LogP contribution in [0, 0.1) is 10.1 Å². The first-order valence-electron chi connectivity index (χ1n) is 7.47. The van der Waals surface area contributed by atoms with Crippen molar-refractivity contribution in [2.75, 3.05) is 0 Å². The number of thioether (sulfide) groups is 1. The number of nitrogens with one attached hydrogen (secondary N) is 1. The van der Waals surface area contributed by atoms with Gasteiger partial charge < -0.3 is 5.11 Å². The number of benzene rings is 2. The van der Waals surface area contributed by atoms with Crippen LogP contribution in [0.3, 0.4) is 0 Å². The minimum Gasteiger partial charge on any atom is -0.508 e. The molecule has 0 spiro atoms. The van der Waals surface area contributed by atoms with Gasteiger partial charge in [-0.15, -0.1) is 0 Å². The van der Waals surface area contributed by atoms with Crippen LogP contribution in [0.1, 0.15) is 15.9 Å².